The maximum Gasteiger partial charge on any atom is 0.243 e. The second-order valence-electron chi connectivity index (χ2n) is 3.89. The number of carbonyl (C=O) groups is 1. The van der Waals surface area contributed by atoms with Crippen LogP contribution in [0.25, 0.3) is 0 Å². The van der Waals surface area contributed by atoms with Gasteiger partial charge in [0.2, 0.25) is 5.91 Å². The molecule has 0 fully saturated rings. The number of primary amides is 1. The molecule has 0 unspecified atom stereocenters. The van der Waals surface area contributed by atoms with Crippen molar-refractivity contribution in [3.05, 3.63) is 11.9 Å². The molecule has 6 N–H and O–H groups in total. The molecule has 0 atom stereocenters. The Balaban J connectivity index is 2.54. The van der Waals surface area contributed by atoms with Crippen LogP contribution in [0, 0.1) is 0 Å². The van der Waals surface area contributed by atoms with Crippen molar-refractivity contribution in [1.82, 2.24) is 9.97 Å². The first-order chi connectivity index (χ1) is 9.19. The van der Waals surface area contributed by atoms with Crippen LogP contribution in [0.3, 0.4) is 0 Å². The van der Waals surface area contributed by atoms with E-state index in [2.05, 4.69) is 27.6 Å². The first kappa shape index (κ1) is 15.1. The Morgan fingerprint density at radius 3 is 2.79 bits per heavy atom. The van der Waals surface area contributed by atoms with E-state index in [9.17, 15) is 4.79 Å². The van der Waals surface area contributed by atoms with Gasteiger partial charge in [-0.25, -0.2) is 15.8 Å². The summed E-state index contributed by atoms with van der Waals surface area (Å²) in [6, 6.07) is 0. The number of rotatable bonds is 9. The average Bonchev–Trinajstić information content (AvgIpc) is 2.39. The number of nitrogen functional groups attached to an aromatic ring is 1. The molecule has 8 heteroatoms. The quantitative estimate of drug-likeness (QED) is 0.273. The summed E-state index contributed by atoms with van der Waals surface area (Å²) in [5.41, 5.74) is 8.45. The lowest BCUT2D eigenvalue weighted by atomic mass is 10.1. The summed E-state index contributed by atoms with van der Waals surface area (Å²) in [6.45, 7) is 2.87. The van der Waals surface area contributed by atoms with Crippen LogP contribution in [0.15, 0.2) is 6.33 Å². The van der Waals surface area contributed by atoms with Gasteiger partial charge in [-0.3, -0.25) is 4.79 Å². The molecule has 0 aliphatic heterocycles. The Labute approximate surface area is 111 Å². The molecule has 0 aliphatic carbocycles. The summed E-state index contributed by atoms with van der Waals surface area (Å²) in [5, 5.41) is 3.12. The Bertz CT molecular complexity index is 412. The molecule has 0 bridgehead atoms. The Morgan fingerprint density at radius 1 is 1.42 bits per heavy atom. The van der Waals surface area contributed by atoms with Gasteiger partial charge < -0.3 is 21.2 Å². The summed E-state index contributed by atoms with van der Waals surface area (Å²) < 4.78 is 5.05. The molecule has 1 heterocycles. The number of nitrogens with zero attached hydrogens (tertiary/aromatic N) is 2. The lowest BCUT2D eigenvalue weighted by Gasteiger charge is -2.13. The fourth-order valence-electron chi connectivity index (χ4n) is 1.59. The molecule has 1 aromatic heterocycles. The fraction of sp³-hybridized carbons (Fsp3) is 0.545. The molecular formula is C11H20N6O2. The number of anilines is 2. The highest BCUT2D eigenvalue weighted by molar-refractivity contribution is 5.74. The molecule has 1 aromatic rings. The average molecular weight is 268 g/mol. The second-order valence-corrected chi connectivity index (χ2v) is 3.89. The minimum absolute atomic E-state index is 0.0805. The summed E-state index contributed by atoms with van der Waals surface area (Å²) in [6.07, 6.45) is 3.20. The van der Waals surface area contributed by atoms with Gasteiger partial charge in [-0.05, 0) is 6.42 Å². The van der Waals surface area contributed by atoms with Crippen molar-refractivity contribution in [1.29, 1.82) is 0 Å². The van der Waals surface area contributed by atoms with Crippen molar-refractivity contribution in [3.63, 3.8) is 0 Å². The predicted octanol–water partition coefficient (Wildman–Crippen LogP) is -0.371. The van der Waals surface area contributed by atoms with Crippen molar-refractivity contribution in [2.24, 2.45) is 11.6 Å². The fourth-order valence-corrected chi connectivity index (χ4v) is 1.59. The number of aromatic nitrogens is 2. The number of amides is 1. The van der Waals surface area contributed by atoms with Crippen LogP contribution >= 0.6 is 0 Å². The molecule has 19 heavy (non-hydrogen) atoms. The number of hydrazine groups is 1. The molecule has 0 spiro atoms. The first-order valence-electron chi connectivity index (χ1n) is 6.09. The van der Waals surface area contributed by atoms with E-state index in [0.717, 1.165) is 18.4 Å². The molecule has 106 valence electrons. The zero-order valence-electron chi connectivity index (χ0n) is 11.0. The largest absolute Gasteiger partial charge is 0.370 e. The van der Waals surface area contributed by atoms with Gasteiger partial charge in [0.1, 0.15) is 24.6 Å². The second kappa shape index (κ2) is 8.22. The molecule has 1 amide bonds. The first-order valence-corrected chi connectivity index (χ1v) is 6.09. The number of carbonyl (C=O) groups excluding carboxylic acids is 1. The zero-order valence-corrected chi connectivity index (χ0v) is 11.0. The molecule has 8 nitrogen and oxygen atoms in total. The Kier molecular flexibility index (Phi) is 6.55. The van der Waals surface area contributed by atoms with Gasteiger partial charge in [-0.2, -0.15) is 0 Å². The number of hydrogen-bond donors (Lipinski definition) is 4. The maximum atomic E-state index is 10.5. The summed E-state index contributed by atoms with van der Waals surface area (Å²) in [5.74, 6) is 6.26. The van der Waals surface area contributed by atoms with Gasteiger partial charge in [0.15, 0.2) is 0 Å². The summed E-state index contributed by atoms with van der Waals surface area (Å²) in [7, 11) is 0. The predicted molar refractivity (Wildman–Crippen MR) is 72.3 cm³/mol. The standard InChI is InChI=1S/C11H20N6O2/c1-2-3-8-10(15-7-16-11(8)17-13)14-4-5-19-6-9(12)18/h7H,2-6,13H2,1H3,(H2,12,18)(H2,14,15,16,17). The molecule has 1 rings (SSSR count). The molecule has 0 saturated carbocycles. The number of nitrogens with one attached hydrogen (secondary N) is 2. The minimum atomic E-state index is -0.483. The monoisotopic (exact) mass is 268 g/mol. The maximum absolute atomic E-state index is 10.5. The summed E-state index contributed by atoms with van der Waals surface area (Å²) >= 11 is 0. The van der Waals surface area contributed by atoms with Gasteiger partial charge in [0, 0.05) is 12.1 Å². The van der Waals surface area contributed by atoms with E-state index in [4.69, 9.17) is 16.3 Å². The van der Waals surface area contributed by atoms with E-state index in [-0.39, 0.29) is 6.61 Å². The van der Waals surface area contributed by atoms with Gasteiger partial charge in [0.05, 0.1) is 6.61 Å². The van der Waals surface area contributed by atoms with E-state index in [1.807, 2.05) is 0 Å². The third-order valence-corrected chi connectivity index (χ3v) is 2.37. The van der Waals surface area contributed by atoms with E-state index in [1.54, 1.807) is 0 Å². The van der Waals surface area contributed by atoms with Crippen LogP contribution in [-0.4, -0.2) is 35.6 Å². The number of ether oxygens (including phenoxy) is 1. The summed E-state index contributed by atoms with van der Waals surface area (Å²) in [4.78, 5) is 18.7. The molecular weight excluding hydrogens is 248 g/mol. The van der Waals surface area contributed by atoms with E-state index in [0.29, 0.717) is 24.8 Å². The van der Waals surface area contributed by atoms with Crippen molar-refractivity contribution in [2.45, 2.75) is 19.8 Å². The SMILES string of the molecule is CCCc1c(NN)ncnc1NCCOCC(N)=O. The van der Waals surface area contributed by atoms with Crippen LogP contribution in [-0.2, 0) is 16.0 Å². The van der Waals surface area contributed by atoms with Crippen LogP contribution in [0.2, 0.25) is 0 Å². The minimum Gasteiger partial charge on any atom is -0.370 e. The highest BCUT2D eigenvalue weighted by atomic mass is 16.5. The van der Waals surface area contributed by atoms with E-state index in [1.165, 1.54) is 6.33 Å². The van der Waals surface area contributed by atoms with Crippen LogP contribution in [0.1, 0.15) is 18.9 Å². The highest BCUT2D eigenvalue weighted by Crippen LogP contribution is 2.20. The van der Waals surface area contributed by atoms with Gasteiger partial charge >= 0.3 is 0 Å². The van der Waals surface area contributed by atoms with E-state index < -0.39 is 5.91 Å². The van der Waals surface area contributed by atoms with Gasteiger partial charge in [-0.15, -0.1) is 0 Å². The van der Waals surface area contributed by atoms with Crippen LogP contribution in [0.4, 0.5) is 11.6 Å². The lowest BCUT2D eigenvalue weighted by Crippen LogP contribution is -2.21. The third-order valence-electron chi connectivity index (χ3n) is 2.37. The van der Waals surface area contributed by atoms with Crippen molar-refractivity contribution in [2.75, 3.05) is 30.5 Å². The van der Waals surface area contributed by atoms with Gasteiger partial charge in [0.25, 0.3) is 0 Å². The van der Waals surface area contributed by atoms with Crippen molar-refractivity contribution >= 4 is 17.5 Å². The van der Waals surface area contributed by atoms with Crippen molar-refractivity contribution in [3.8, 4) is 0 Å². The Morgan fingerprint density at radius 2 is 2.16 bits per heavy atom. The van der Waals surface area contributed by atoms with Crippen LogP contribution in [0.5, 0.6) is 0 Å². The zero-order chi connectivity index (χ0) is 14.1. The normalized spacial score (nSPS) is 10.2. The molecule has 0 radical (unpaired) electrons. The number of nitrogens with two attached hydrogens (primary N) is 2. The van der Waals surface area contributed by atoms with E-state index >= 15 is 0 Å². The lowest BCUT2D eigenvalue weighted by molar-refractivity contribution is -0.122. The highest BCUT2D eigenvalue weighted by Gasteiger charge is 2.09. The van der Waals surface area contributed by atoms with Crippen LogP contribution < -0.4 is 22.3 Å². The molecule has 0 aliphatic rings. The molecule has 0 aromatic carbocycles. The smallest absolute Gasteiger partial charge is 0.243 e. The Hall–Kier alpha value is -1.93. The van der Waals surface area contributed by atoms with Crippen molar-refractivity contribution < 1.29 is 9.53 Å². The molecule has 0 saturated heterocycles. The topological polar surface area (TPSA) is 128 Å². The van der Waals surface area contributed by atoms with Gasteiger partial charge in [-0.1, -0.05) is 13.3 Å². The third kappa shape index (κ3) is 5.06. The number of hydrogen-bond acceptors (Lipinski definition) is 7.